The molecule has 6 nitrogen and oxygen atoms in total. The topological polar surface area (TPSA) is 71.0 Å². The van der Waals surface area contributed by atoms with Gasteiger partial charge in [0.25, 0.3) is 5.91 Å². The van der Waals surface area contributed by atoms with Crippen molar-refractivity contribution in [1.29, 1.82) is 0 Å². The van der Waals surface area contributed by atoms with Gasteiger partial charge >= 0.3 is 0 Å². The third-order valence-electron chi connectivity index (χ3n) is 3.98. The van der Waals surface area contributed by atoms with Crippen LogP contribution in [0.2, 0.25) is 0 Å². The first-order valence-electron chi connectivity index (χ1n) is 7.89. The van der Waals surface area contributed by atoms with Crippen LogP contribution in [0.1, 0.15) is 48.3 Å². The molecule has 3 N–H and O–H groups in total. The minimum atomic E-state index is -0.156. The monoisotopic (exact) mass is 323 g/mol. The summed E-state index contributed by atoms with van der Waals surface area (Å²) in [6, 6.07) is 2.28. The number of amides is 1. The van der Waals surface area contributed by atoms with Gasteiger partial charge < -0.3 is 16.0 Å². The number of carbonyl (C=O) groups is 1. The van der Waals surface area contributed by atoms with Crippen molar-refractivity contribution in [2.75, 3.05) is 13.1 Å². The molecule has 7 heteroatoms. The van der Waals surface area contributed by atoms with Crippen LogP contribution in [-0.4, -0.2) is 39.9 Å². The van der Waals surface area contributed by atoms with Crippen LogP contribution in [-0.2, 0) is 7.05 Å². The molecule has 1 saturated carbocycles. The summed E-state index contributed by atoms with van der Waals surface area (Å²) in [5.74, 6) is -0.156. The Balaban J connectivity index is 1.62. The maximum Gasteiger partial charge on any atom is 0.271 e. The van der Waals surface area contributed by atoms with Gasteiger partial charge in [0, 0.05) is 31.9 Å². The van der Waals surface area contributed by atoms with Gasteiger partial charge in [0.05, 0.1) is 0 Å². The van der Waals surface area contributed by atoms with Crippen molar-refractivity contribution in [2.45, 2.75) is 45.1 Å². The molecule has 0 aliphatic heterocycles. The molecule has 1 aromatic rings. The molecule has 0 bridgehead atoms. The lowest BCUT2D eigenvalue weighted by molar-refractivity contribution is 0.0948. The number of carbonyl (C=O) groups excluding carboxylic acids is 1. The third kappa shape index (κ3) is 4.98. The van der Waals surface area contributed by atoms with Gasteiger partial charge in [-0.3, -0.25) is 9.48 Å². The Morgan fingerprint density at radius 2 is 2.00 bits per heavy atom. The summed E-state index contributed by atoms with van der Waals surface area (Å²) < 4.78 is 1.69. The first kappa shape index (κ1) is 16.7. The molecule has 0 atom stereocenters. The zero-order chi connectivity index (χ0) is 15.9. The molecule has 1 aromatic heterocycles. The molecule has 1 fully saturated rings. The Kier molecular flexibility index (Phi) is 6.18. The lowest BCUT2D eigenvalue weighted by Gasteiger charge is -2.24. The molecule has 122 valence electrons. The second kappa shape index (κ2) is 8.12. The quantitative estimate of drug-likeness (QED) is 0.562. The molecule has 0 spiro atoms. The molecule has 1 aliphatic carbocycles. The first-order valence-corrected chi connectivity index (χ1v) is 8.30. The minimum absolute atomic E-state index is 0.156. The molecule has 0 saturated heterocycles. The van der Waals surface area contributed by atoms with E-state index in [0.717, 1.165) is 5.69 Å². The summed E-state index contributed by atoms with van der Waals surface area (Å²) in [5, 5.41) is 14.1. The van der Waals surface area contributed by atoms with Crippen LogP contribution in [0.3, 0.4) is 0 Å². The largest absolute Gasteiger partial charge is 0.361 e. The molecular weight excluding hydrogens is 298 g/mol. The number of hydrogen-bond donors (Lipinski definition) is 3. The highest BCUT2D eigenvalue weighted by Gasteiger charge is 2.14. The van der Waals surface area contributed by atoms with Crippen LogP contribution in [0, 0.1) is 6.92 Å². The van der Waals surface area contributed by atoms with E-state index in [1.54, 1.807) is 10.7 Å². The number of aryl methyl sites for hydroxylation is 2. The standard InChI is InChI=1S/C15H25N5OS/c1-11-10-13(19-20(11)2)14(21)16-8-9-17-15(22)18-12-6-4-3-5-7-12/h10,12H,3-9H2,1-2H3,(H,16,21)(H2,17,18,22). The second-order valence-electron chi connectivity index (χ2n) is 5.79. The van der Waals surface area contributed by atoms with Crippen molar-refractivity contribution in [1.82, 2.24) is 25.7 Å². The SMILES string of the molecule is Cc1cc(C(=O)NCCNC(=S)NC2CCCCC2)nn1C. The fourth-order valence-corrected chi connectivity index (χ4v) is 2.87. The lowest BCUT2D eigenvalue weighted by atomic mass is 9.96. The zero-order valence-electron chi connectivity index (χ0n) is 13.3. The summed E-state index contributed by atoms with van der Waals surface area (Å²) in [6.07, 6.45) is 6.27. The summed E-state index contributed by atoms with van der Waals surface area (Å²) >= 11 is 5.28. The average molecular weight is 323 g/mol. The van der Waals surface area contributed by atoms with Crippen molar-refractivity contribution < 1.29 is 4.79 Å². The number of nitrogens with one attached hydrogen (secondary N) is 3. The maximum absolute atomic E-state index is 11.9. The van der Waals surface area contributed by atoms with Crippen LogP contribution in [0.25, 0.3) is 0 Å². The van der Waals surface area contributed by atoms with Crippen LogP contribution >= 0.6 is 12.2 Å². The minimum Gasteiger partial charge on any atom is -0.361 e. The van der Waals surface area contributed by atoms with Crippen LogP contribution in [0.15, 0.2) is 6.07 Å². The zero-order valence-corrected chi connectivity index (χ0v) is 14.1. The van der Waals surface area contributed by atoms with Crippen LogP contribution in [0.4, 0.5) is 0 Å². The summed E-state index contributed by atoms with van der Waals surface area (Å²) in [7, 11) is 1.82. The van der Waals surface area contributed by atoms with Gasteiger partial charge in [-0.25, -0.2) is 0 Å². The summed E-state index contributed by atoms with van der Waals surface area (Å²) in [5.41, 5.74) is 1.41. The molecule has 22 heavy (non-hydrogen) atoms. The molecule has 1 amide bonds. The van der Waals surface area contributed by atoms with Gasteiger partial charge in [-0.1, -0.05) is 19.3 Å². The summed E-state index contributed by atoms with van der Waals surface area (Å²) in [6.45, 7) is 3.04. The van der Waals surface area contributed by atoms with Crippen molar-refractivity contribution in [2.24, 2.45) is 7.05 Å². The Hall–Kier alpha value is -1.63. The molecule has 0 aromatic carbocycles. The van der Waals surface area contributed by atoms with E-state index in [1.165, 1.54) is 32.1 Å². The van der Waals surface area contributed by atoms with Gasteiger partial charge in [-0.05, 0) is 38.0 Å². The molecular formula is C15H25N5OS. The fraction of sp³-hybridized carbons (Fsp3) is 0.667. The normalized spacial score (nSPS) is 15.4. The number of rotatable bonds is 5. The molecule has 2 rings (SSSR count). The predicted octanol–water partition coefficient (Wildman–Crippen LogP) is 1.26. The molecule has 1 heterocycles. The number of thiocarbonyl (C=S) groups is 1. The molecule has 1 aliphatic rings. The summed E-state index contributed by atoms with van der Waals surface area (Å²) in [4.78, 5) is 11.9. The van der Waals surface area contributed by atoms with Crippen molar-refractivity contribution >= 4 is 23.2 Å². The van der Waals surface area contributed by atoms with Crippen molar-refractivity contribution in [3.63, 3.8) is 0 Å². The Labute approximate surface area is 137 Å². The van der Waals surface area contributed by atoms with E-state index < -0.39 is 0 Å². The Morgan fingerprint density at radius 3 is 2.64 bits per heavy atom. The van der Waals surface area contributed by atoms with E-state index in [2.05, 4.69) is 21.0 Å². The van der Waals surface area contributed by atoms with E-state index in [1.807, 2.05) is 14.0 Å². The number of nitrogens with zero attached hydrogens (tertiary/aromatic N) is 2. The van der Waals surface area contributed by atoms with Gasteiger partial charge in [0.15, 0.2) is 5.11 Å². The highest BCUT2D eigenvalue weighted by molar-refractivity contribution is 7.80. The van der Waals surface area contributed by atoms with E-state index >= 15 is 0 Å². The van der Waals surface area contributed by atoms with E-state index in [0.29, 0.717) is 29.9 Å². The highest BCUT2D eigenvalue weighted by atomic mass is 32.1. The highest BCUT2D eigenvalue weighted by Crippen LogP contribution is 2.17. The van der Waals surface area contributed by atoms with Gasteiger partial charge in [-0.15, -0.1) is 0 Å². The smallest absolute Gasteiger partial charge is 0.271 e. The second-order valence-corrected chi connectivity index (χ2v) is 6.19. The van der Waals surface area contributed by atoms with Gasteiger partial charge in [0.1, 0.15) is 5.69 Å². The molecule has 0 unspecified atom stereocenters. The maximum atomic E-state index is 11.9. The van der Waals surface area contributed by atoms with Crippen molar-refractivity contribution in [3.05, 3.63) is 17.5 Å². The Morgan fingerprint density at radius 1 is 1.32 bits per heavy atom. The van der Waals surface area contributed by atoms with Crippen LogP contribution in [0.5, 0.6) is 0 Å². The number of hydrogen-bond acceptors (Lipinski definition) is 3. The average Bonchev–Trinajstić information content (AvgIpc) is 2.84. The molecule has 0 radical (unpaired) electrons. The Bertz CT molecular complexity index is 503. The van der Waals surface area contributed by atoms with E-state index in [9.17, 15) is 4.79 Å². The van der Waals surface area contributed by atoms with Crippen LogP contribution < -0.4 is 16.0 Å². The van der Waals surface area contributed by atoms with E-state index in [-0.39, 0.29) is 5.91 Å². The van der Waals surface area contributed by atoms with Gasteiger partial charge in [0.2, 0.25) is 0 Å². The number of aromatic nitrogens is 2. The predicted molar refractivity (Wildman–Crippen MR) is 90.9 cm³/mol. The van der Waals surface area contributed by atoms with Crippen molar-refractivity contribution in [3.8, 4) is 0 Å². The third-order valence-corrected chi connectivity index (χ3v) is 4.25. The van der Waals surface area contributed by atoms with Gasteiger partial charge in [-0.2, -0.15) is 5.10 Å². The fourth-order valence-electron chi connectivity index (χ4n) is 2.60. The lowest BCUT2D eigenvalue weighted by Crippen LogP contribution is -2.45. The van der Waals surface area contributed by atoms with E-state index in [4.69, 9.17) is 12.2 Å². The first-order chi connectivity index (χ1) is 10.6.